The topological polar surface area (TPSA) is 62.3 Å². The van der Waals surface area contributed by atoms with Crippen LogP contribution in [-0.4, -0.2) is 23.3 Å². The summed E-state index contributed by atoms with van der Waals surface area (Å²) in [6.45, 7) is 2.60. The van der Waals surface area contributed by atoms with Crippen LogP contribution in [0.15, 0.2) is 91.1 Å². The van der Waals surface area contributed by atoms with Gasteiger partial charge in [-0.2, -0.15) is 0 Å². The highest BCUT2D eigenvalue weighted by molar-refractivity contribution is 6.06. The van der Waals surface area contributed by atoms with E-state index >= 15 is 0 Å². The van der Waals surface area contributed by atoms with E-state index in [1.54, 1.807) is 30.5 Å². The monoisotopic (exact) mass is 499 g/mol. The van der Waals surface area contributed by atoms with Gasteiger partial charge in [-0.05, 0) is 54.4 Å². The third-order valence-corrected chi connectivity index (χ3v) is 5.88. The SMILES string of the molecule is Cc1ccc(CN(C(=O)c2ccc(F)cc2F)c2cccc(CC(=O)NCCc3ccccn3)c2)cc1. The number of benzene rings is 3. The van der Waals surface area contributed by atoms with Gasteiger partial charge in [0, 0.05) is 36.6 Å². The van der Waals surface area contributed by atoms with Crippen LogP contribution in [0.25, 0.3) is 0 Å². The Balaban J connectivity index is 1.52. The van der Waals surface area contributed by atoms with Crippen molar-refractivity contribution in [3.8, 4) is 0 Å². The van der Waals surface area contributed by atoms with Gasteiger partial charge < -0.3 is 10.2 Å². The number of amides is 2. The van der Waals surface area contributed by atoms with E-state index in [-0.39, 0.29) is 24.4 Å². The largest absolute Gasteiger partial charge is 0.355 e. The first kappa shape index (κ1) is 25.7. The van der Waals surface area contributed by atoms with Gasteiger partial charge in [-0.15, -0.1) is 0 Å². The molecule has 0 unspecified atom stereocenters. The van der Waals surface area contributed by atoms with E-state index in [4.69, 9.17) is 0 Å². The number of aromatic nitrogens is 1. The van der Waals surface area contributed by atoms with Gasteiger partial charge in [-0.25, -0.2) is 8.78 Å². The molecule has 0 spiro atoms. The molecule has 0 saturated heterocycles. The predicted molar refractivity (Wildman–Crippen MR) is 139 cm³/mol. The molecule has 0 fully saturated rings. The molecule has 0 aliphatic rings. The van der Waals surface area contributed by atoms with Gasteiger partial charge in [0.15, 0.2) is 0 Å². The molecule has 4 aromatic rings. The Bertz CT molecular complexity index is 1380. The molecule has 0 radical (unpaired) electrons. The molecule has 188 valence electrons. The summed E-state index contributed by atoms with van der Waals surface area (Å²) >= 11 is 0. The number of aryl methyl sites for hydroxylation is 1. The molecule has 0 atom stereocenters. The number of carbonyl (C=O) groups excluding carboxylic acids is 2. The van der Waals surface area contributed by atoms with Crippen LogP contribution in [0.5, 0.6) is 0 Å². The minimum atomic E-state index is -0.928. The maximum atomic E-state index is 14.5. The second kappa shape index (κ2) is 12.0. The van der Waals surface area contributed by atoms with Crippen LogP contribution < -0.4 is 10.2 Å². The van der Waals surface area contributed by atoms with Crippen LogP contribution in [-0.2, 0) is 24.2 Å². The summed E-state index contributed by atoms with van der Waals surface area (Å²) in [5.41, 5.74) is 3.79. The number of rotatable bonds is 9. The predicted octanol–water partition coefficient (Wildman–Crippen LogP) is 5.42. The minimum Gasteiger partial charge on any atom is -0.355 e. The number of hydrogen-bond donors (Lipinski definition) is 1. The van der Waals surface area contributed by atoms with Crippen LogP contribution in [0.3, 0.4) is 0 Å². The zero-order valence-corrected chi connectivity index (χ0v) is 20.5. The summed E-state index contributed by atoms with van der Waals surface area (Å²) < 4.78 is 28.0. The molecule has 0 bridgehead atoms. The van der Waals surface area contributed by atoms with E-state index < -0.39 is 17.5 Å². The third kappa shape index (κ3) is 7.07. The van der Waals surface area contributed by atoms with Crippen LogP contribution in [0.4, 0.5) is 14.5 Å². The molecule has 5 nitrogen and oxygen atoms in total. The molecule has 7 heteroatoms. The molecule has 0 saturated carbocycles. The van der Waals surface area contributed by atoms with E-state index in [0.29, 0.717) is 30.3 Å². The first-order chi connectivity index (χ1) is 17.9. The normalized spacial score (nSPS) is 10.7. The number of halogens is 2. The van der Waals surface area contributed by atoms with E-state index in [9.17, 15) is 18.4 Å². The second-order valence-corrected chi connectivity index (χ2v) is 8.77. The Hall–Kier alpha value is -4.39. The van der Waals surface area contributed by atoms with Crippen molar-refractivity contribution < 1.29 is 18.4 Å². The molecular formula is C30H27F2N3O2. The summed E-state index contributed by atoms with van der Waals surface area (Å²) in [6.07, 6.45) is 2.45. The molecule has 1 heterocycles. The molecule has 0 aliphatic carbocycles. The number of hydrogen-bond acceptors (Lipinski definition) is 3. The van der Waals surface area contributed by atoms with Gasteiger partial charge in [0.1, 0.15) is 11.6 Å². The maximum Gasteiger partial charge on any atom is 0.261 e. The number of nitrogens with zero attached hydrogens (tertiary/aromatic N) is 2. The molecule has 2 amide bonds. The van der Waals surface area contributed by atoms with Crippen molar-refractivity contribution in [1.29, 1.82) is 0 Å². The number of anilines is 1. The highest BCUT2D eigenvalue weighted by atomic mass is 19.1. The summed E-state index contributed by atoms with van der Waals surface area (Å²) in [5.74, 6) is -2.44. The molecule has 1 N–H and O–H groups in total. The van der Waals surface area contributed by atoms with Crippen molar-refractivity contribution in [3.05, 3.63) is 131 Å². The van der Waals surface area contributed by atoms with Crippen molar-refractivity contribution in [2.24, 2.45) is 0 Å². The first-order valence-electron chi connectivity index (χ1n) is 12.0. The molecule has 37 heavy (non-hydrogen) atoms. The Morgan fingerprint density at radius 2 is 1.70 bits per heavy atom. The molecule has 3 aromatic carbocycles. The van der Waals surface area contributed by atoms with E-state index in [1.165, 1.54) is 4.90 Å². The molecule has 1 aromatic heterocycles. The van der Waals surface area contributed by atoms with Crippen molar-refractivity contribution in [3.63, 3.8) is 0 Å². The lowest BCUT2D eigenvalue weighted by Gasteiger charge is -2.24. The lowest BCUT2D eigenvalue weighted by Crippen LogP contribution is -2.31. The number of nitrogens with one attached hydrogen (secondary N) is 1. The standard InChI is InChI=1S/C30H27F2N3O2/c1-21-8-10-22(11-9-21)20-35(30(37)27-13-12-24(31)19-28(27)32)26-7-4-5-23(17-26)18-29(36)34-16-14-25-6-2-3-15-33-25/h2-13,15,17,19H,14,16,18,20H2,1H3,(H,34,36). The van der Waals surface area contributed by atoms with E-state index in [1.807, 2.05) is 49.4 Å². The third-order valence-electron chi connectivity index (χ3n) is 5.88. The Labute approximate surface area is 214 Å². The van der Waals surface area contributed by atoms with Gasteiger partial charge >= 0.3 is 0 Å². The van der Waals surface area contributed by atoms with Crippen molar-refractivity contribution >= 4 is 17.5 Å². The zero-order chi connectivity index (χ0) is 26.2. The lowest BCUT2D eigenvalue weighted by atomic mass is 10.1. The fourth-order valence-corrected chi connectivity index (χ4v) is 3.92. The average molecular weight is 500 g/mol. The smallest absolute Gasteiger partial charge is 0.261 e. The average Bonchev–Trinajstić information content (AvgIpc) is 2.89. The Morgan fingerprint density at radius 3 is 2.43 bits per heavy atom. The van der Waals surface area contributed by atoms with E-state index in [0.717, 1.165) is 29.0 Å². The second-order valence-electron chi connectivity index (χ2n) is 8.77. The maximum absolute atomic E-state index is 14.5. The molecule has 4 rings (SSSR count). The fraction of sp³-hybridized carbons (Fsp3) is 0.167. The van der Waals surface area contributed by atoms with Crippen molar-refractivity contribution in [2.45, 2.75) is 26.3 Å². The van der Waals surface area contributed by atoms with E-state index in [2.05, 4.69) is 10.3 Å². The zero-order valence-electron chi connectivity index (χ0n) is 20.5. The summed E-state index contributed by atoms with van der Waals surface area (Å²) in [7, 11) is 0. The summed E-state index contributed by atoms with van der Waals surface area (Å²) in [5, 5.41) is 2.89. The van der Waals surface area contributed by atoms with Crippen LogP contribution >= 0.6 is 0 Å². The van der Waals surface area contributed by atoms with Gasteiger partial charge in [-0.3, -0.25) is 14.6 Å². The van der Waals surface area contributed by atoms with Crippen molar-refractivity contribution in [1.82, 2.24) is 10.3 Å². The first-order valence-corrected chi connectivity index (χ1v) is 12.0. The highest BCUT2D eigenvalue weighted by Crippen LogP contribution is 2.24. The fourth-order valence-electron chi connectivity index (χ4n) is 3.92. The van der Waals surface area contributed by atoms with Gasteiger partial charge in [0.25, 0.3) is 5.91 Å². The summed E-state index contributed by atoms with van der Waals surface area (Å²) in [6, 6.07) is 23.2. The minimum absolute atomic E-state index is 0.119. The quantitative estimate of drug-likeness (QED) is 0.335. The van der Waals surface area contributed by atoms with Gasteiger partial charge in [0.2, 0.25) is 5.91 Å². The highest BCUT2D eigenvalue weighted by Gasteiger charge is 2.22. The van der Waals surface area contributed by atoms with Crippen LogP contribution in [0.2, 0.25) is 0 Å². The number of pyridine rings is 1. The van der Waals surface area contributed by atoms with Gasteiger partial charge in [0.05, 0.1) is 18.5 Å². The van der Waals surface area contributed by atoms with Crippen LogP contribution in [0.1, 0.15) is 32.7 Å². The molecule has 0 aliphatic heterocycles. The summed E-state index contributed by atoms with van der Waals surface area (Å²) in [4.78, 5) is 31.7. The Kier molecular flexibility index (Phi) is 8.36. The molecular weight excluding hydrogens is 472 g/mol. The lowest BCUT2D eigenvalue weighted by molar-refractivity contribution is -0.120. The van der Waals surface area contributed by atoms with Gasteiger partial charge in [-0.1, -0.05) is 48.0 Å². The van der Waals surface area contributed by atoms with Crippen LogP contribution in [0, 0.1) is 18.6 Å². The van der Waals surface area contributed by atoms with Crippen molar-refractivity contribution in [2.75, 3.05) is 11.4 Å². The number of carbonyl (C=O) groups is 2. The Morgan fingerprint density at radius 1 is 0.892 bits per heavy atom.